The summed E-state index contributed by atoms with van der Waals surface area (Å²) in [6, 6.07) is 0. The Labute approximate surface area is 156 Å². The van der Waals surface area contributed by atoms with Crippen LogP contribution >= 0.6 is 0 Å². The number of hydrogen-bond donors (Lipinski definition) is 1. The molecule has 3 nitrogen and oxygen atoms in total. The Hall–Kier alpha value is -1.89. The molecule has 0 aromatic carbocycles. The van der Waals surface area contributed by atoms with Gasteiger partial charge in [0.15, 0.2) is 6.67 Å². The van der Waals surface area contributed by atoms with Crippen molar-refractivity contribution in [3.05, 3.63) is 0 Å². The molecule has 0 saturated carbocycles. The molecule has 1 N–H and O–H groups in total. The van der Waals surface area contributed by atoms with Crippen molar-refractivity contribution < 1.29 is 89.3 Å². The second kappa shape index (κ2) is 7.32. The van der Waals surface area contributed by atoms with Crippen LogP contribution < -0.4 is 0 Å². The number of aliphatic hydroxyl groups is 1. The monoisotopic (exact) mass is 506 g/mol. The van der Waals surface area contributed by atoms with Crippen molar-refractivity contribution in [3.8, 4) is 0 Å². The highest BCUT2D eigenvalue weighted by Crippen LogP contribution is 2.56. The molecule has 2 unspecified atom stereocenters. The fraction of sp³-hybridized carbons (Fsp3) is 0.818. The normalized spacial score (nSPS) is 18.9. The van der Waals surface area contributed by atoms with Gasteiger partial charge in [-0.3, -0.25) is 9.59 Å². The van der Waals surface area contributed by atoms with E-state index in [2.05, 4.69) is 0 Å². The number of hydrogen-bond acceptors (Lipinski definition) is 3. The van der Waals surface area contributed by atoms with Crippen LogP contribution in [0.5, 0.6) is 0 Å². The lowest BCUT2D eigenvalue weighted by molar-refractivity contribution is -0.363. The maximum absolute atomic E-state index is 13.9. The highest BCUT2D eigenvalue weighted by atomic mass is 19.4. The van der Waals surface area contributed by atoms with Crippen LogP contribution in [0.15, 0.2) is 0 Å². The van der Waals surface area contributed by atoms with E-state index in [-0.39, 0.29) is 0 Å². The van der Waals surface area contributed by atoms with Crippen molar-refractivity contribution in [2.24, 2.45) is 0 Å². The molecule has 0 rings (SSSR count). The van der Waals surface area contributed by atoms with Crippen LogP contribution in [0, 0.1) is 0 Å². The molecule has 184 valence electrons. The summed E-state index contributed by atoms with van der Waals surface area (Å²) in [5.41, 5.74) is -16.1. The topological polar surface area (TPSA) is 54.4 Å². The molecule has 0 radical (unpaired) electrons. The van der Waals surface area contributed by atoms with Gasteiger partial charge in [0.25, 0.3) is 11.6 Å². The molecule has 0 spiro atoms. The van der Waals surface area contributed by atoms with Crippen molar-refractivity contribution in [1.29, 1.82) is 0 Å². The molecule has 0 aliphatic carbocycles. The van der Waals surface area contributed by atoms with E-state index < -0.39 is 65.8 Å². The van der Waals surface area contributed by atoms with Gasteiger partial charge in [-0.2, -0.15) is 61.5 Å². The van der Waals surface area contributed by atoms with Crippen LogP contribution in [0.4, 0.5) is 74.6 Å². The minimum Gasteiger partial charge on any atom is -0.333 e. The third kappa shape index (κ3) is 3.90. The molecule has 2 atom stereocenters. The van der Waals surface area contributed by atoms with Crippen molar-refractivity contribution in [2.75, 3.05) is 6.67 Å². The van der Waals surface area contributed by atoms with E-state index in [1.165, 1.54) is 0 Å². The molecule has 0 aliphatic rings. The first kappa shape index (κ1) is 29.1. The van der Waals surface area contributed by atoms with Gasteiger partial charge in [0.1, 0.15) is 0 Å². The van der Waals surface area contributed by atoms with Crippen molar-refractivity contribution in [1.82, 2.24) is 0 Å². The molecule has 0 saturated heterocycles. The number of Topliss-reactive ketones (excluding diaryl/α,β-unsaturated/α-hetero) is 2. The molecular formula is C11H3F17O3. The van der Waals surface area contributed by atoms with Crippen LogP contribution in [0.2, 0.25) is 0 Å². The standard InChI is InChI=1S/C11H3F17O3/c12-1-4(13,14)7(17,18)2(29)5(15,9(21,22)23)8(19,20)3(30)6(16,10(24,25)26)11(27,28)31/h31H,1H2. The first-order valence-corrected chi connectivity index (χ1v) is 6.53. The number of ketones is 2. The quantitative estimate of drug-likeness (QED) is 0.505. The van der Waals surface area contributed by atoms with Gasteiger partial charge >= 0.3 is 47.6 Å². The lowest BCUT2D eigenvalue weighted by atomic mass is 9.79. The lowest BCUT2D eigenvalue weighted by Crippen LogP contribution is -2.75. The molecule has 0 aromatic rings. The zero-order valence-corrected chi connectivity index (χ0v) is 13.4. The largest absolute Gasteiger partial charge is 0.438 e. The average molecular weight is 506 g/mol. The van der Waals surface area contributed by atoms with Crippen LogP contribution in [0.25, 0.3) is 0 Å². The fourth-order valence-electron chi connectivity index (χ4n) is 1.72. The SMILES string of the molecule is O=C(C(F)(F)C(F)(C(=O)C(F)(F)C(F)(F)CF)C(F)(F)F)C(F)(C(O)(F)F)C(F)(F)F. The number of alkyl halides is 17. The summed E-state index contributed by atoms with van der Waals surface area (Å²) in [7, 11) is 0. The zero-order valence-electron chi connectivity index (χ0n) is 13.4. The average Bonchev–Trinajstić information content (AvgIpc) is 2.55. The minimum absolute atomic E-state index is 3.87. The Bertz CT molecular complexity index is 700. The highest BCUT2D eigenvalue weighted by molar-refractivity contribution is 6.05. The molecular weight excluding hydrogens is 503 g/mol. The minimum atomic E-state index is -8.31. The van der Waals surface area contributed by atoms with E-state index in [1.807, 2.05) is 0 Å². The Balaban J connectivity index is 7.23. The van der Waals surface area contributed by atoms with Crippen LogP contribution in [0.3, 0.4) is 0 Å². The number of carbonyl (C=O) groups is 2. The highest BCUT2D eigenvalue weighted by Gasteiger charge is 2.90. The van der Waals surface area contributed by atoms with Crippen molar-refractivity contribution >= 4 is 11.6 Å². The van der Waals surface area contributed by atoms with E-state index in [0.29, 0.717) is 0 Å². The molecule has 31 heavy (non-hydrogen) atoms. The Morgan fingerprint density at radius 1 is 0.548 bits per heavy atom. The third-order valence-corrected chi connectivity index (χ3v) is 3.45. The maximum Gasteiger partial charge on any atom is 0.438 e. The van der Waals surface area contributed by atoms with Gasteiger partial charge in [-0.1, -0.05) is 0 Å². The van der Waals surface area contributed by atoms with Gasteiger partial charge < -0.3 is 5.11 Å². The van der Waals surface area contributed by atoms with Gasteiger partial charge in [0, 0.05) is 0 Å². The van der Waals surface area contributed by atoms with Gasteiger partial charge in [0.2, 0.25) is 0 Å². The second-order valence-corrected chi connectivity index (χ2v) is 5.50. The summed E-state index contributed by atoms with van der Waals surface area (Å²) in [6.07, 6.45) is -23.4. The number of carbonyl (C=O) groups excluding carboxylic acids is 2. The first-order chi connectivity index (χ1) is 13.1. The van der Waals surface area contributed by atoms with Crippen molar-refractivity contribution in [3.63, 3.8) is 0 Å². The van der Waals surface area contributed by atoms with E-state index in [1.54, 1.807) is 0 Å². The first-order valence-electron chi connectivity index (χ1n) is 6.53. The molecule has 0 fully saturated rings. The molecule has 0 heterocycles. The summed E-state index contributed by atoms with van der Waals surface area (Å²) >= 11 is 0. The second-order valence-electron chi connectivity index (χ2n) is 5.50. The summed E-state index contributed by atoms with van der Waals surface area (Å²) in [5, 5.41) is 7.75. The Morgan fingerprint density at radius 2 is 0.839 bits per heavy atom. The van der Waals surface area contributed by atoms with Gasteiger partial charge in [-0.25, -0.2) is 13.2 Å². The smallest absolute Gasteiger partial charge is 0.333 e. The van der Waals surface area contributed by atoms with Gasteiger partial charge in [-0.15, -0.1) is 0 Å². The predicted octanol–water partition coefficient (Wildman–Crippen LogP) is 4.13. The molecule has 0 aliphatic heterocycles. The zero-order chi connectivity index (χ0) is 25.9. The van der Waals surface area contributed by atoms with Gasteiger partial charge in [0.05, 0.1) is 0 Å². The van der Waals surface area contributed by atoms with Gasteiger partial charge in [-0.05, 0) is 0 Å². The molecule has 20 heteroatoms. The van der Waals surface area contributed by atoms with E-state index in [4.69, 9.17) is 5.11 Å². The maximum atomic E-state index is 13.9. The summed E-state index contributed by atoms with van der Waals surface area (Å²) in [6.45, 7) is -3.87. The van der Waals surface area contributed by atoms with E-state index in [0.717, 1.165) is 0 Å². The number of rotatable bonds is 8. The Morgan fingerprint density at radius 3 is 1.06 bits per heavy atom. The van der Waals surface area contributed by atoms with Crippen molar-refractivity contribution in [2.45, 2.75) is 47.6 Å². The summed E-state index contributed by atoms with van der Waals surface area (Å²) < 4.78 is 218. The van der Waals surface area contributed by atoms with E-state index in [9.17, 15) is 84.2 Å². The third-order valence-electron chi connectivity index (χ3n) is 3.45. The summed E-state index contributed by atoms with van der Waals surface area (Å²) in [5.74, 6) is -33.8. The predicted molar refractivity (Wildman–Crippen MR) is 57.8 cm³/mol. The molecule has 0 aromatic heterocycles. The fourth-order valence-corrected chi connectivity index (χ4v) is 1.72. The van der Waals surface area contributed by atoms with E-state index >= 15 is 0 Å². The molecule has 0 bridgehead atoms. The van der Waals surface area contributed by atoms with Crippen LogP contribution in [0.1, 0.15) is 0 Å². The lowest BCUT2D eigenvalue weighted by Gasteiger charge is -2.39. The summed E-state index contributed by atoms with van der Waals surface area (Å²) in [4.78, 5) is 21.9. The number of halogens is 17. The Kier molecular flexibility index (Phi) is 6.88. The van der Waals surface area contributed by atoms with Crippen LogP contribution in [-0.4, -0.2) is 70.9 Å². The molecule has 0 amide bonds. The van der Waals surface area contributed by atoms with Crippen LogP contribution in [-0.2, 0) is 9.59 Å².